The zero-order chi connectivity index (χ0) is 82.2. The summed E-state index contributed by atoms with van der Waals surface area (Å²) >= 11 is 0. The molecule has 0 bridgehead atoms. The van der Waals surface area contributed by atoms with E-state index in [9.17, 15) is 43.5 Å². The summed E-state index contributed by atoms with van der Waals surface area (Å²) in [5.74, 6) is -1.57. The summed E-state index contributed by atoms with van der Waals surface area (Å²) in [6, 6.07) is 0. The summed E-state index contributed by atoms with van der Waals surface area (Å²) < 4.78 is 61.4. The van der Waals surface area contributed by atoms with Crippen molar-refractivity contribution >= 4 is 33.6 Å². The highest BCUT2D eigenvalue weighted by molar-refractivity contribution is 7.47. The average Bonchev–Trinajstić information content (AvgIpc) is 0.903. The van der Waals surface area contributed by atoms with E-state index in [1.807, 2.05) is 0 Å². The van der Waals surface area contributed by atoms with E-state index >= 15 is 0 Å². The van der Waals surface area contributed by atoms with E-state index in [0.717, 1.165) is 154 Å². The van der Waals surface area contributed by atoms with Crippen LogP contribution >= 0.6 is 15.6 Å². The summed E-state index contributed by atoms with van der Waals surface area (Å²) in [6.45, 7) is 2.49. The van der Waals surface area contributed by atoms with Gasteiger partial charge in [-0.25, -0.2) is 9.13 Å². The lowest BCUT2D eigenvalue weighted by molar-refractivity contribution is -0.161. The predicted octanol–water partition coefficient (Wildman–Crippen LogP) is 27.6. The van der Waals surface area contributed by atoms with E-state index < -0.39 is 91.5 Å². The number of aliphatic hydroxyl groups is 2. The molecule has 0 radical (unpaired) electrons. The Balaban J connectivity index is 4.48. The molecule has 0 saturated heterocycles. The molecule has 4 N–H and O–H groups in total. The summed E-state index contributed by atoms with van der Waals surface area (Å²) in [4.78, 5) is 58.9. The molecule has 5 unspecified atom stereocenters. The Kier molecular flexibility index (Phi) is 83.3. The number of esters is 3. The molecule has 0 aliphatic rings. The molecule has 0 aromatic heterocycles. The predicted molar refractivity (Wildman–Crippen MR) is 473 cm³/mol. The first-order valence-corrected chi connectivity index (χ1v) is 48.1. The summed E-state index contributed by atoms with van der Waals surface area (Å²) in [5, 5.41) is 20.7. The van der Waals surface area contributed by atoms with Crippen LogP contribution in [-0.2, 0) is 55.8 Å². The molecule has 18 heteroatoms. The minimum Gasteiger partial charge on any atom is -0.463 e. The Hall–Kier alpha value is -4.57. The van der Waals surface area contributed by atoms with E-state index in [-0.39, 0.29) is 19.3 Å². The van der Waals surface area contributed by atoms with Crippen LogP contribution in [0, 0.1) is 0 Å². The first-order valence-electron chi connectivity index (χ1n) is 45.1. The number of rotatable bonds is 85. The van der Waals surface area contributed by atoms with Gasteiger partial charge in [0.15, 0.2) is 6.10 Å². The zero-order valence-electron chi connectivity index (χ0n) is 71.5. The van der Waals surface area contributed by atoms with Crippen LogP contribution < -0.4 is 0 Å². The Morgan fingerprint density at radius 1 is 0.257 bits per heavy atom. The van der Waals surface area contributed by atoms with Crippen molar-refractivity contribution in [2.75, 3.05) is 39.6 Å². The van der Waals surface area contributed by atoms with Crippen LogP contribution in [-0.4, -0.2) is 95.9 Å². The SMILES string of the molecule is CC/C=C\C/C=C\C/C=C\C/C=C\C/C=C\C/C=C\CCCCCCCCCCCCCCC(=O)OCC(O)COP(=O)(O)OCC(O)COP(=O)(O)OCC(COC(=O)CCCCCCCCCCCCCCCCC/C=C\C/C=C\C/C=C\C/C=C\C/C=C\CC)OC(=O)CCCCCCC/C=C\CCCCCCCC. The monoisotopic (exact) mass is 1620 g/mol. The number of phosphoric ester groups is 2. The largest absolute Gasteiger partial charge is 0.472 e. The van der Waals surface area contributed by atoms with Crippen molar-refractivity contribution in [2.24, 2.45) is 0 Å². The maximum atomic E-state index is 13.0. The number of hydrogen-bond donors (Lipinski definition) is 4. The lowest BCUT2D eigenvalue weighted by Gasteiger charge is -2.21. The first kappa shape index (κ1) is 108. The molecule has 650 valence electrons. The number of carbonyl (C=O) groups excluding carboxylic acids is 3. The van der Waals surface area contributed by atoms with Gasteiger partial charge in [-0.2, -0.15) is 0 Å². The molecule has 0 heterocycles. The Morgan fingerprint density at radius 2 is 0.469 bits per heavy atom. The molecule has 0 rings (SSSR count). The van der Waals surface area contributed by atoms with Crippen LogP contribution in [0.2, 0.25) is 0 Å². The van der Waals surface area contributed by atoms with Crippen molar-refractivity contribution in [1.29, 1.82) is 0 Å². The number of allylic oxidation sites excluding steroid dienone is 24. The third-order valence-corrected chi connectivity index (χ3v) is 20.9. The van der Waals surface area contributed by atoms with E-state index in [2.05, 4.69) is 167 Å². The molecule has 0 aliphatic heterocycles. The van der Waals surface area contributed by atoms with Crippen LogP contribution in [0.3, 0.4) is 0 Å². The van der Waals surface area contributed by atoms with E-state index in [1.54, 1.807) is 0 Å². The van der Waals surface area contributed by atoms with Gasteiger partial charge >= 0.3 is 33.6 Å². The fourth-order valence-electron chi connectivity index (χ4n) is 12.2. The highest BCUT2D eigenvalue weighted by Crippen LogP contribution is 2.45. The second kappa shape index (κ2) is 86.8. The van der Waals surface area contributed by atoms with Crippen molar-refractivity contribution in [2.45, 2.75) is 399 Å². The molecular weight excluding hydrogens is 1460 g/mol. The average molecular weight is 1620 g/mol. The van der Waals surface area contributed by atoms with Crippen LogP contribution in [0.15, 0.2) is 146 Å². The number of aliphatic hydroxyl groups excluding tert-OH is 2. The second-order valence-corrected chi connectivity index (χ2v) is 32.9. The zero-order valence-corrected chi connectivity index (χ0v) is 73.3. The van der Waals surface area contributed by atoms with E-state index in [0.29, 0.717) is 19.3 Å². The van der Waals surface area contributed by atoms with Crippen molar-refractivity contribution in [3.63, 3.8) is 0 Å². The van der Waals surface area contributed by atoms with Gasteiger partial charge in [0.25, 0.3) is 0 Å². The van der Waals surface area contributed by atoms with Gasteiger partial charge in [0.05, 0.1) is 26.4 Å². The fraction of sp³-hybridized carbons (Fsp3) is 0.716. The number of unbranched alkanes of at least 4 members (excludes halogenated alkanes) is 38. The van der Waals surface area contributed by atoms with Crippen LogP contribution in [0.5, 0.6) is 0 Å². The molecule has 0 aliphatic carbocycles. The van der Waals surface area contributed by atoms with Gasteiger partial charge in [0.2, 0.25) is 0 Å². The molecule has 0 amide bonds. The Morgan fingerprint density at radius 3 is 0.752 bits per heavy atom. The molecule has 0 spiro atoms. The van der Waals surface area contributed by atoms with E-state index in [1.165, 1.54) is 167 Å². The van der Waals surface area contributed by atoms with Gasteiger partial charge < -0.3 is 34.2 Å². The van der Waals surface area contributed by atoms with Crippen molar-refractivity contribution in [3.05, 3.63) is 146 Å². The van der Waals surface area contributed by atoms with Crippen LogP contribution in [0.4, 0.5) is 0 Å². The molecular formula is C95H164O16P2. The standard InChI is InChI=1S/C95H164O16P2/c1-4-7-10-13-16-19-22-25-28-30-32-34-36-38-40-42-44-46-48-50-52-54-56-58-61-63-66-69-72-75-78-81-93(98)105-84-90(96)85-107-112(101,102)108-86-91(97)87-109-113(103,104)110-89-92(111-95(100)83-80-77-74-71-68-65-60-27-24-21-18-15-12-9-6-3)88-106-94(99)82-79-76-73-70-67-64-62-59-57-55-53-51-49-47-45-43-41-39-37-35-33-31-29-26-23-20-17-14-11-8-5-2/h7-8,10-11,16-17,19-20,25-29,32-35,38-41,44,46,60,90-92,96-97H,4-6,9,12-15,18,21-24,30-31,36-37,42-43,45,47-59,61-89H2,1-3H3,(H,101,102)(H,103,104)/b10-7-,11-8-,19-16-,20-17-,28-25-,29-26-,34-32-,35-33-,40-38-,41-39-,46-44-,60-27-. The van der Waals surface area contributed by atoms with Gasteiger partial charge in [-0.05, 0) is 141 Å². The molecule has 5 atom stereocenters. The normalized spacial score (nSPS) is 14.5. The lowest BCUT2D eigenvalue weighted by Crippen LogP contribution is -2.30. The number of phosphoric acid groups is 2. The molecule has 0 saturated carbocycles. The van der Waals surface area contributed by atoms with Gasteiger partial charge in [-0.15, -0.1) is 0 Å². The quantitative estimate of drug-likeness (QED) is 0.0146. The van der Waals surface area contributed by atoms with Crippen molar-refractivity contribution in [3.8, 4) is 0 Å². The van der Waals surface area contributed by atoms with Crippen LogP contribution in [0.1, 0.15) is 380 Å². The van der Waals surface area contributed by atoms with Gasteiger partial charge in [-0.1, -0.05) is 366 Å². The summed E-state index contributed by atoms with van der Waals surface area (Å²) in [7, 11) is -9.80. The summed E-state index contributed by atoms with van der Waals surface area (Å²) in [6.07, 6.45) is 109. The smallest absolute Gasteiger partial charge is 0.463 e. The van der Waals surface area contributed by atoms with Gasteiger partial charge in [0.1, 0.15) is 25.4 Å². The maximum absolute atomic E-state index is 13.0. The maximum Gasteiger partial charge on any atom is 0.472 e. The number of hydrogen-bond acceptors (Lipinski definition) is 14. The highest BCUT2D eigenvalue weighted by Gasteiger charge is 2.29. The Labute approximate surface area is 689 Å². The number of carbonyl (C=O) groups is 3. The third-order valence-electron chi connectivity index (χ3n) is 19.0. The fourth-order valence-corrected chi connectivity index (χ4v) is 13.8. The van der Waals surface area contributed by atoms with Crippen molar-refractivity contribution in [1.82, 2.24) is 0 Å². The summed E-state index contributed by atoms with van der Waals surface area (Å²) in [5.41, 5.74) is 0. The molecule has 16 nitrogen and oxygen atoms in total. The van der Waals surface area contributed by atoms with Crippen LogP contribution in [0.25, 0.3) is 0 Å². The minimum absolute atomic E-state index is 0.0947. The minimum atomic E-state index is -4.94. The number of ether oxygens (including phenoxy) is 3. The topological polar surface area (TPSA) is 231 Å². The van der Waals surface area contributed by atoms with Gasteiger partial charge in [0, 0.05) is 19.3 Å². The molecule has 0 aromatic rings. The van der Waals surface area contributed by atoms with Gasteiger partial charge in [-0.3, -0.25) is 32.5 Å². The Bertz CT molecular complexity index is 2630. The molecule has 0 aromatic carbocycles. The molecule has 0 fully saturated rings. The molecule has 113 heavy (non-hydrogen) atoms. The first-order chi connectivity index (χ1) is 55.2. The third kappa shape index (κ3) is 88.1. The second-order valence-electron chi connectivity index (χ2n) is 30.0. The van der Waals surface area contributed by atoms with Crippen molar-refractivity contribution < 1.29 is 75.8 Å². The lowest BCUT2D eigenvalue weighted by atomic mass is 10.0. The van der Waals surface area contributed by atoms with E-state index in [4.69, 9.17) is 32.3 Å². The highest BCUT2D eigenvalue weighted by atomic mass is 31.2.